The van der Waals surface area contributed by atoms with Crippen LogP contribution in [0.25, 0.3) is 11.1 Å². The highest BCUT2D eigenvalue weighted by Crippen LogP contribution is 2.41. The first-order chi connectivity index (χ1) is 28.7. The van der Waals surface area contributed by atoms with E-state index in [4.69, 9.17) is 42.7 Å². The Labute approximate surface area is 352 Å². The summed E-state index contributed by atoms with van der Waals surface area (Å²) in [6.07, 6.45) is 0.140. The number of rotatable bonds is 12. The third-order valence-corrected chi connectivity index (χ3v) is 11.4. The summed E-state index contributed by atoms with van der Waals surface area (Å²) in [5, 5.41) is 23.2. The van der Waals surface area contributed by atoms with Gasteiger partial charge in [-0.05, 0) is 99.5 Å². The number of benzene rings is 6. The van der Waals surface area contributed by atoms with Gasteiger partial charge >= 0.3 is 5.97 Å². The summed E-state index contributed by atoms with van der Waals surface area (Å²) in [5.74, 6) is 0.462. The van der Waals surface area contributed by atoms with E-state index in [0.29, 0.717) is 65.6 Å². The number of fused-ring (bicyclic) bond motifs is 2. The lowest BCUT2D eigenvalue weighted by Crippen LogP contribution is -2.54. The van der Waals surface area contributed by atoms with Crippen LogP contribution in [0.2, 0.25) is 10.0 Å². The average molecular weight is 825 g/mol. The predicted octanol–water partition coefficient (Wildman–Crippen LogP) is 9.36. The Balaban J connectivity index is 0.955. The SMILES string of the molecule is N#Cc1ccc(-c2ccc(CC(NC(=O)C3Cc4cc5c(cc4CN3Cc3ccccc3)OC(c3ccc(OCc4ccc(Cl)c(Cl)c4)cc3)CO5)C(=O)O)cc2)cc1. The molecule has 2 N–H and O–H groups in total. The van der Waals surface area contributed by atoms with E-state index >= 15 is 0 Å². The smallest absolute Gasteiger partial charge is 0.326 e. The number of carboxylic acid groups (broad SMARTS) is 1. The molecule has 0 aromatic heterocycles. The maximum Gasteiger partial charge on any atom is 0.326 e. The van der Waals surface area contributed by atoms with Gasteiger partial charge in [-0.1, -0.05) is 108 Å². The molecule has 1 amide bonds. The molecule has 8 rings (SSSR count). The first-order valence-electron chi connectivity index (χ1n) is 19.2. The molecular formula is C48H39Cl2N3O6. The Kier molecular flexibility index (Phi) is 11.8. The quantitative estimate of drug-likeness (QED) is 0.125. The van der Waals surface area contributed by atoms with Crippen LogP contribution in [0.1, 0.15) is 45.0 Å². The first kappa shape index (κ1) is 39.5. The molecule has 59 heavy (non-hydrogen) atoms. The van der Waals surface area contributed by atoms with E-state index in [1.54, 1.807) is 24.3 Å². The van der Waals surface area contributed by atoms with Gasteiger partial charge in [0.1, 0.15) is 25.0 Å². The molecule has 0 spiro atoms. The van der Waals surface area contributed by atoms with E-state index in [-0.39, 0.29) is 18.4 Å². The van der Waals surface area contributed by atoms with Gasteiger partial charge in [-0.2, -0.15) is 5.26 Å². The lowest BCUT2D eigenvalue weighted by atomic mass is 9.91. The van der Waals surface area contributed by atoms with E-state index in [1.807, 2.05) is 109 Å². The van der Waals surface area contributed by atoms with E-state index in [9.17, 15) is 14.7 Å². The number of amides is 1. The zero-order valence-electron chi connectivity index (χ0n) is 31.8. The number of carboxylic acids is 1. The van der Waals surface area contributed by atoms with Gasteiger partial charge in [-0.3, -0.25) is 9.69 Å². The van der Waals surface area contributed by atoms with Gasteiger partial charge in [0, 0.05) is 19.5 Å². The number of hydrogen-bond acceptors (Lipinski definition) is 7. The van der Waals surface area contributed by atoms with Crippen molar-refractivity contribution >= 4 is 35.1 Å². The van der Waals surface area contributed by atoms with Crippen molar-refractivity contribution in [1.29, 1.82) is 5.26 Å². The number of nitriles is 1. The number of halogens is 2. The fraction of sp³-hybridized carbons (Fsp3) is 0.188. The molecule has 2 aliphatic heterocycles. The van der Waals surface area contributed by atoms with Gasteiger partial charge in [-0.25, -0.2) is 4.79 Å². The van der Waals surface area contributed by atoms with Crippen LogP contribution in [-0.2, 0) is 42.1 Å². The second kappa shape index (κ2) is 17.7. The Morgan fingerprint density at radius 2 is 1.51 bits per heavy atom. The van der Waals surface area contributed by atoms with Gasteiger partial charge < -0.3 is 24.6 Å². The molecule has 2 heterocycles. The summed E-state index contributed by atoms with van der Waals surface area (Å²) in [6.45, 7) is 1.58. The van der Waals surface area contributed by atoms with Gasteiger partial charge in [0.2, 0.25) is 5.91 Å². The van der Waals surface area contributed by atoms with E-state index in [1.165, 1.54) is 0 Å². The zero-order chi connectivity index (χ0) is 40.9. The number of carbonyl (C=O) groups is 2. The average Bonchev–Trinajstić information content (AvgIpc) is 3.26. The minimum atomic E-state index is -1.14. The van der Waals surface area contributed by atoms with Crippen molar-refractivity contribution in [2.75, 3.05) is 6.61 Å². The van der Waals surface area contributed by atoms with Crippen molar-refractivity contribution in [2.24, 2.45) is 0 Å². The lowest BCUT2D eigenvalue weighted by Gasteiger charge is -2.37. The maximum absolute atomic E-state index is 14.1. The standard InChI is InChI=1S/C48H39Cl2N3O6/c49-40-19-10-33(20-41(40)50)28-57-39-17-15-36(16-18-39)46-29-58-44-23-37-22-43(53(26-32-4-2-1-3-5-32)27-38(37)24-45(44)59-46)47(54)52-42(48(55)56)21-30-6-11-34(12-7-30)35-13-8-31(25-51)9-14-35/h1-20,23-24,42-43,46H,21-22,26-29H2,(H,52,54)(H,55,56). The summed E-state index contributed by atoms with van der Waals surface area (Å²) in [5.41, 5.74) is 8.08. The summed E-state index contributed by atoms with van der Waals surface area (Å²) in [7, 11) is 0. The minimum Gasteiger partial charge on any atom is -0.489 e. The van der Waals surface area contributed by atoms with Gasteiger partial charge in [0.15, 0.2) is 17.6 Å². The van der Waals surface area contributed by atoms with Crippen molar-refractivity contribution in [3.8, 4) is 34.4 Å². The van der Waals surface area contributed by atoms with Crippen molar-refractivity contribution in [3.05, 3.63) is 182 Å². The Morgan fingerprint density at radius 3 is 2.20 bits per heavy atom. The summed E-state index contributed by atoms with van der Waals surface area (Å²) in [6, 6.07) is 42.2. The molecular weight excluding hydrogens is 785 g/mol. The van der Waals surface area contributed by atoms with Crippen molar-refractivity contribution < 1.29 is 28.9 Å². The number of aliphatic carboxylic acids is 1. The summed E-state index contributed by atoms with van der Waals surface area (Å²) in [4.78, 5) is 28.8. The fourth-order valence-corrected chi connectivity index (χ4v) is 7.78. The van der Waals surface area contributed by atoms with E-state index in [0.717, 1.165) is 44.5 Å². The van der Waals surface area contributed by atoms with Crippen LogP contribution < -0.4 is 19.5 Å². The number of hydrogen-bond donors (Lipinski definition) is 2. The summed E-state index contributed by atoms with van der Waals surface area (Å²) < 4.78 is 18.7. The molecule has 0 saturated carbocycles. The minimum absolute atomic E-state index is 0.116. The van der Waals surface area contributed by atoms with E-state index < -0.39 is 18.1 Å². The number of nitrogens with one attached hydrogen (secondary N) is 1. The Morgan fingerprint density at radius 1 is 0.814 bits per heavy atom. The van der Waals surface area contributed by atoms with Gasteiger partial charge in [-0.15, -0.1) is 0 Å². The van der Waals surface area contributed by atoms with Crippen LogP contribution in [0.4, 0.5) is 0 Å². The Bertz CT molecular complexity index is 2510. The molecule has 0 aliphatic carbocycles. The maximum atomic E-state index is 14.1. The van der Waals surface area contributed by atoms with Crippen LogP contribution in [0.5, 0.6) is 17.2 Å². The third-order valence-electron chi connectivity index (χ3n) is 10.7. The number of nitrogens with zero attached hydrogens (tertiary/aromatic N) is 2. The highest BCUT2D eigenvalue weighted by molar-refractivity contribution is 6.42. The predicted molar refractivity (Wildman–Crippen MR) is 226 cm³/mol. The molecule has 2 aliphatic rings. The molecule has 3 atom stereocenters. The molecule has 9 nitrogen and oxygen atoms in total. The highest BCUT2D eigenvalue weighted by Gasteiger charge is 2.36. The number of carbonyl (C=O) groups excluding carboxylic acids is 1. The van der Waals surface area contributed by atoms with E-state index in [2.05, 4.69) is 16.3 Å². The fourth-order valence-electron chi connectivity index (χ4n) is 7.46. The van der Waals surface area contributed by atoms with Gasteiger partial charge in [0.25, 0.3) is 0 Å². The largest absolute Gasteiger partial charge is 0.489 e. The highest BCUT2D eigenvalue weighted by atomic mass is 35.5. The monoisotopic (exact) mass is 823 g/mol. The van der Waals surface area contributed by atoms with Crippen LogP contribution in [0.3, 0.4) is 0 Å². The molecule has 296 valence electrons. The molecule has 0 saturated heterocycles. The third kappa shape index (κ3) is 9.37. The van der Waals surface area contributed by atoms with Crippen LogP contribution >= 0.6 is 23.2 Å². The van der Waals surface area contributed by atoms with Crippen molar-refractivity contribution in [1.82, 2.24) is 10.2 Å². The van der Waals surface area contributed by atoms with Crippen molar-refractivity contribution in [3.63, 3.8) is 0 Å². The van der Waals surface area contributed by atoms with Crippen LogP contribution in [-0.4, -0.2) is 40.6 Å². The normalized spacial score (nSPS) is 16.3. The Hall–Kier alpha value is -6.31. The number of ether oxygens (including phenoxy) is 3. The van der Waals surface area contributed by atoms with Crippen molar-refractivity contribution in [2.45, 2.75) is 50.7 Å². The molecule has 11 heteroatoms. The molecule has 6 aromatic carbocycles. The topological polar surface area (TPSA) is 121 Å². The second-order valence-corrected chi connectivity index (χ2v) is 15.5. The molecule has 6 aromatic rings. The molecule has 0 radical (unpaired) electrons. The zero-order valence-corrected chi connectivity index (χ0v) is 33.3. The van der Waals surface area contributed by atoms with Crippen LogP contribution in [0, 0.1) is 11.3 Å². The molecule has 0 fully saturated rings. The summed E-state index contributed by atoms with van der Waals surface area (Å²) >= 11 is 12.2. The first-order valence-corrected chi connectivity index (χ1v) is 20.0. The van der Waals surface area contributed by atoms with Gasteiger partial charge in [0.05, 0.1) is 27.7 Å². The molecule has 0 bridgehead atoms. The second-order valence-electron chi connectivity index (χ2n) is 14.7. The molecule has 3 unspecified atom stereocenters. The lowest BCUT2D eigenvalue weighted by molar-refractivity contribution is -0.142. The van der Waals surface area contributed by atoms with Crippen LogP contribution in [0.15, 0.2) is 133 Å².